The molecular formula is C12H12ClNO2. The Kier molecular flexibility index (Phi) is 2.19. The molecule has 1 heterocycles. The van der Waals surface area contributed by atoms with Crippen molar-refractivity contribution in [1.82, 2.24) is 5.32 Å². The van der Waals surface area contributed by atoms with Crippen LogP contribution in [0.5, 0.6) is 5.75 Å². The highest BCUT2D eigenvalue weighted by molar-refractivity contribution is 6.34. The monoisotopic (exact) mass is 237 g/mol. The molecule has 2 atom stereocenters. The SMILES string of the molecule is COc1ccc2c(c1Cl)C1CNCC1C2=O. The largest absolute Gasteiger partial charge is 0.495 e. The van der Waals surface area contributed by atoms with Gasteiger partial charge in [-0.3, -0.25) is 4.79 Å². The normalized spacial score (nSPS) is 26.8. The van der Waals surface area contributed by atoms with Crippen LogP contribution in [0.4, 0.5) is 0 Å². The number of ketones is 1. The minimum atomic E-state index is 0.0691. The van der Waals surface area contributed by atoms with Gasteiger partial charge in [-0.2, -0.15) is 0 Å². The van der Waals surface area contributed by atoms with Crippen molar-refractivity contribution in [3.8, 4) is 5.75 Å². The lowest BCUT2D eigenvalue weighted by Gasteiger charge is -2.11. The van der Waals surface area contributed by atoms with Crippen molar-refractivity contribution in [2.75, 3.05) is 20.2 Å². The van der Waals surface area contributed by atoms with Crippen LogP contribution in [0.25, 0.3) is 0 Å². The predicted octanol–water partition coefficient (Wildman–Crippen LogP) is 1.85. The lowest BCUT2D eigenvalue weighted by molar-refractivity contribution is 0.0940. The number of benzene rings is 1. The molecule has 0 amide bonds. The second kappa shape index (κ2) is 3.47. The van der Waals surface area contributed by atoms with Crippen LogP contribution in [-0.2, 0) is 0 Å². The van der Waals surface area contributed by atoms with E-state index in [0.717, 1.165) is 24.2 Å². The molecule has 1 aliphatic heterocycles. The number of carbonyl (C=O) groups is 1. The van der Waals surface area contributed by atoms with Crippen molar-refractivity contribution < 1.29 is 9.53 Å². The van der Waals surface area contributed by atoms with Crippen molar-refractivity contribution in [2.24, 2.45) is 5.92 Å². The minimum Gasteiger partial charge on any atom is -0.495 e. The van der Waals surface area contributed by atoms with Gasteiger partial charge in [-0.25, -0.2) is 0 Å². The average Bonchev–Trinajstić information content (AvgIpc) is 2.84. The molecule has 1 saturated heterocycles. The Morgan fingerprint density at radius 1 is 1.38 bits per heavy atom. The van der Waals surface area contributed by atoms with Crippen LogP contribution in [0.3, 0.4) is 0 Å². The Labute approximate surface area is 98.7 Å². The minimum absolute atomic E-state index is 0.0691. The Morgan fingerprint density at radius 2 is 2.12 bits per heavy atom. The smallest absolute Gasteiger partial charge is 0.168 e. The molecule has 84 valence electrons. The number of methoxy groups -OCH3 is 1. The molecular weight excluding hydrogens is 226 g/mol. The molecule has 0 saturated carbocycles. The van der Waals surface area contributed by atoms with Gasteiger partial charge in [0.25, 0.3) is 0 Å². The first-order valence-corrected chi connectivity index (χ1v) is 5.73. The molecule has 3 rings (SSSR count). The van der Waals surface area contributed by atoms with E-state index in [1.165, 1.54) is 0 Å². The van der Waals surface area contributed by atoms with Crippen molar-refractivity contribution in [3.63, 3.8) is 0 Å². The molecule has 1 fully saturated rings. The van der Waals surface area contributed by atoms with E-state index >= 15 is 0 Å². The van der Waals surface area contributed by atoms with Crippen molar-refractivity contribution in [3.05, 3.63) is 28.3 Å². The van der Waals surface area contributed by atoms with E-state index in [1.54, 1.807) is 13.2 Å². The first-order chi connectivity index (χ1) is 7.74. The van der Waals surface area contributed by atoms with Crippen molar-refractivity contribution >= 4 is 17.4 Å². The third-order valence-corrected chi connectivity index (χ3v) is 3.94. The van der Waals surface area contributed by atoms with Crippen LogP contribution < -0.4 is 10.1 Å². The van der Waals surface area contributed by atoms with E-state index in [9.17, 15) is 4.79 Å². The molecule has 0 radical (unpaired) electrons. The maximum Gasteiger partial charge on any atom is 0.168 e. The quantitative estimate of drug-likeness (QED) is 0.810. The van der Waals surface area contributed by atoms with Crippen molar-refractivity contribution in [1.29, 1.82) is 0 Å². The third kappa shape index (κ3) is 1.16. The molecule has 1 aromatic carbocycles. The number of rotatable bonds is 1. The lowest BCUT2D eigenvalue weighted by atomic mass is 9.96. The first-order valence-electron chi connectivity index (χ1n) is 5.35. The summed E-state index contributed by atoms with van der Waals surface area (Å²) in [5, 5.41) is 3.84. The molecule has 4 heteroatoms. The Balaban J connectivity index is 2.20. The Morgan fingerprint density at radius 3 is 2.88 bits per heavy atom. The van der Waals surface area contributed by atoms with E-state index in [4.69, 9.17) is 16.3 Å². The standard InChI is InChI=1S/C12H12ClNO2/c1-16-9-3-2-6-10(11(9)13)7-4-14-5-8(7)12(6)15/h2-3,7-8,14H,4-5H2,1H3. The van der Waals surface area contributed by atoms with Crippen molar-refractivity contribution in [2.45, 2.75) is 5.92 Å². The van der Waals surface area contributed by atoms with E-state index in [2.05, 4.69) is 5.32 Å². The van der Waals surface area contributed by atoms with Crippen LogP contribution in [0, 0.1) is 5.92 Å². The molecule has 2 aliphatic rings. The number of Topliss-reactive ketones (excluding diaryl/α,β-unsaturated/α-hetero) is 1. The number of nitrogens with one attached hydrogen (secondary N) is 1. The molecule has 0 spiro atoms. The van der Waals surface area contributed by atoms with Crippen LogP contribution in [0.15, 0.2) is 12.1 Å². The third-order valence-electron chi connectivity index (χ3n) is 3.55. The highest BCUT2D eigenvalue weighted by Crippen LogP contribution is 2.46. The zero-order valence-electron chi connectivity index (χ0n) is 8.92. The molecule has 0 aromatic heterocycles. The van der Waals surface area contributed by atoms with Crippen LogP contribution in [0.2, 0.25) is 5.02 Å². The highest BCUT2D eigenvalue weighted by Gasteiger charge is 2.44. The maximum absolute atomic E-state index is 12.1. The zero-order chi connectivity index (χ0) is 11.3. The van der Waals surface area contributed by atoms with E-state index < -0.39 is 0 Å². The summed E-state index contributed by atoms with van der Waals surface area (Å²) >= 11 is 6.28. The summed E-state index contributed by atoms with van der Waals surface area (Å²) in [6.07, 6.45) is 0. The molecule has 1 N–H and O–H groups in total. The number of halogens is 1. The number of fused-ring (bicyclic) bond motifs is 3. The number of carbonyl (C=O) groups excluding carboxylic acids is 1. The summed E-state index contributed by atoms with van der Waals surface area (Å²) in [6, 6.07) is 3.61. The molecule has 3 nitrogen and oxygen atoms in total. The number of ether oxygens (including phenoxy) is 1. The van der Waals surface area contributed by atoms with E-state index in [-0.39, 0.29) is 17.6 Å². The zero-order valence-corrected chi connectivity index (χ0v) is 9.67. The van der Waals surface area contributed by atoms with Gasteiger partial charge in [0.1, 0.15) is 5.75 Å². The Hall–Kier alpha value is -1.06. The fraction of sp³-hybridized carbons (Fsp3) is 0.417. The topological polar surface area (TPSA) is 38.3 Å². The van der Waals surface area contributed by atoms with Gasteiger partial charge in [0, 0.05) is 30.5 Å². The molecule has 2 unspecified atom stereocenters. The van der Waals surface area contributed by atoms with Gasteiger partial charge in [-0.15, -0.1) is 0 Å². The first kappa shape index (κ1) is 10.1. The number of hydrogen-bond acceptors (Lipinski definition) is 3. The fourth-order valence-corrected chi connectivity index (χ4v) is 3.15. The predicted molar refractivity (Wildman–Crippen MR) is 61.4 cm³/mol. The molecule has 16 heavy (non-hydrogen) atoms. The Bertz CT molecular complexity index is 472. The van der Waals surface area contributed by atoms with Gasteiger partial charge in [0.15, 0.2) is 5.78 Å². The molecule has 0 bridgehead atoms. The van der Waals surface area contributed by atoms with E-state index in [1.807, 2.05) is 6.07 Å². The second-order valence-electron chi connectivity index (χ2n) is 4.28. The summed E-state index contributed by atoms with van der Waals surface area (Å²) in [5.41, 5.74) is 1.75. The second-order valence-corrected chi connectivity index (χ2v) is 4.66. The molecule has 1 aromatic rings. The highest BCUT2D eigenvalue weighted by atomic mass is 35.5. The van der Waals surface area contributed by atoms with Gasteiger partial charge in [0.2, 0.25) is 0 Å². The van der Waals surface area contributed by atoms with Crippen LogP contribution >= 0.6 is 11.6 Å². The fourth-order valence-electron chi connectivity index (χ4n) is 2.77. The summed E-state index contributed by atoms with van der Waals surface area (Å²) in [6.45, 7) is 1.59. The number of hydrogen-bond donors (Lipinski definition) is 1. The summed E-state index contributed by atoms with van der Waals surface area (Å²) in [5.74, 6) is 1.17. The van der Waals surface area contributed by atoms with Gasteiger partial charge in [-0.05, 0) is 17.7 Å². The summed E-state index contributed by atoms with van der Waals surface area (Å²) in [7, 11) is 1.59. The van der Waals surface area contributed by atoms with Gasteiger partial charge in [-0.1, -0.05) is 11.6 Å². The van der Waals surface area contributed by atoms with Crippen LogP contribution in [-0.4, -0.2) is 26.0 Å². The summed E-state index contributed by atoms with van der Waals surface area (Å²) in [4.78, 5) is 12.1. The maximum atomic E-state index is 12.1. The average molecular weight is 238 g/mol. The van der Waals surface area contributed by atoms with E-state index in [0.29, 0.717) is 10.8 Å². The summed E-state index contributed by atoms with van der Waals surface area (Å²) < 4.78 is 5.19. The van der Waals surface area contributed by atoms with Gasteiger partial charge < -0.3 is 10.1 Å². The van der Waals surface area contributed by atoms with Gasteiger partial charge >= 0.3 is 0 Å². The van der Waals surface area contributed by atoms with Gasteiger partial charge in [0.05, 0.1) is 12.1 Å². The lowest BCUT2D eigenvalue weighted by Crippen LogP contribution is -2.15. The molecule has 1 aliphatic carbocycles. The van der Waals surface area contributed by atoms with Crippen LogP contribution in [0.1, 0.15) is 21.8 Å².